The molecule has 2 aromatic rings. The summed E-state index contributed by atoms with van der Waals surface area (Å²) in [4.78, 5) is 4.43. The van der Waals surface area contributed by atoms with E-state index in [0.717, 1.165) is 30.1 Å². The van der Waals surface area contributed by atoms with E-state index in [1.54, 1.807) is 16.8 Å². The highest BCUT2D eigenvalue weighted by Gasteiger charge is 2.13. The molecule has 1 atom stereocenters. The Hall–Kier alpha value is -1.39. The zero-order chi connectivity index (χ0) is 13.8. The lowest BCUT2D eigenvalue weighted by Crippen LogP contribution is -2.12. The summed E-state index contributed by atoms with van der Waals surface area (Å²) in [6, 6.07) is 7.21. The van der Waals surface area contributed by atoms with Crippen molar-refractivity contribution >= 4 is 11.6 Å². The highest BCUT2D eigenvalue weighted by molar-refractivity contribution is 6.30. The normalized spacial score (nSPS) is 12.6. The van der Waals surface area contributed by atoms with E-state index >= 15 is 0 Å². The number of nitrogens with zero attached hydrogens (tertiary/aromatic N) is 3. The van der Waals surface area contributed by atoms with Gasteiger partial charge in [0.25, 0.3) is 0 Å². The highest BCUT2D eigenvalue weighted by Crippen LogP contribution is 2.18. The maximum absolute atomic E-state index is 10.2. The van der Waals surface area contributed by atoms with Crippen LogP contribution >= 0.6 is 11.6 Å². The van der Waals surface area contributed by atoms with Crippen LogP contribution in [0.2, 0.25) is 5.02 Å². The van der Waals surface area contributed by atoms with Crippen LogP contribution in [-0.4, -0.2) is 19.9 Å². The first kappa shape index (κ1) is 14.0. The first-order valence-corrected chi connectivity index (χ1v) is 6.88. The van der Waals surface area contributed by atoms with Crippen LogP contribution in [0.4, 0.5) is 0 Å². The monoisotopic (exact) mass is 279 g/mol. The van der Waals surface area contributed by atoms with Crippen LogP contribution in [0.5, 0.6) is 0 Å². The summed E-state index contributed by atoms with van der Waals surface area (Å²) in [5, 5.41) is 15.3. The lowest BCUT2D eigenvalue weighted by atomic mass is 10.1. The molecular weight excluding hydrogens is 262 g/mol. The Bertz CT molecular complexity index is 536. The van der Waals surface area contributed by atoms with E-state index < -0.39 is 6.10 Å². The van der Waals surface area contributed by atoms with Crippen molar-refractivity contribution in [2.75, 3.05) is 0 Å². The largest absolute Gasteiger partial charge is 0.386 e. The van der Waals surface area contributed by atoms with Crippen molar-refractivity contribution in [2.24, 2.45) is 0 Å². The fraction of sp³-hybridized carbons (Fsp3) is 0.429. The third-order valence-electron chi connectivity index (χ3n) is 3.03. The number of aryl methyl sites for hydroxylation is 2. The van der Waals surface area contributed by atoms with Gasteiger partial charge in [-0.1, -0.05) is 37.6 Å². The maximum Gasteiger partial charge on any atom is 0.150 e. The standard InChI is InChI=1S/C14H18ClN3O/c1-3-13-16-14(4-2)18(17-13)9-12(19)10-5-7-11(15)8-6-10/h5-8,12,19H,3-4,9H2,1-2H3. The molecule has 1 aromatic heterocycles. The average Bonchev–Trinajstić information content (AvgIpc) is 2.81. The van der Waals surface area contributed by atoms with Gasteiger partial charge in [0.05, 0.1) is 12.6 Å². The van der Waals surface area contributed by atoms with E-state index in [2.05, 4.69) is 10.1 Å². The Kier molecular flexibility index (Phi) is 4.56. The van der Waals surface area contributed by atoms with Gasteiger partial charge in [-0.25, -0.2) is 9.67 Å². The zero-order valence-corrected chi connectivity index (χ0v) is 11.9. The van der Waals surface area contributed by atoms with Crippen molar-refractivity contribution in [1.82, 2.24) is 14.8 Å². The van der Waals surface area contributed by atoms with E-state index in [9.17, 15) is 5.11 Å². The molecule has 19 heavy (non-hydrogen) atoms. The predicted molar refractivity (Wildman–Crippen MR) is 75.2 cm³/mol. The summed E-state index contributed by atoms with van der Waals surface area (Å²) in [6.45, 7) is 4.47. The maximum atomic E-state index is 10.2. The highest BCUT2D eigenvalue weighted by atomic mass is 35.5. The number of hydrogen-bond donors (Lipinski definition) is 1. The molecule has 5 heteroatoms. The molecule has 0 spiro atoms. The number of aromatic nitrogens is 3. The molecule has 4 nitrogen and oxygen atoms in total. The molecule has 0 radical (unpaired) electrons. The summed E-state index contributed by atoms with van der Waals surface area (Å²) >= 11 is 5.84. The Morgan fingerprint density at radius 1 is 1.21 bits per heavy atom. The molecule has 0 aliphatic carbocycles. The van der Waals surface area contributed by atoms with Gasteiger partial charge in [0, 0.05) is 17.9 Å². The van der Waals surface area contributed by atoms with E-state index in [1.165, 1.54) is 0 Å². The second-order valence-electron chi connectivity index (χ2n) is 4.40. The molecule has 1 N–H and O–H groups in total. The number of rotatable bonds is 5. The SMILES string of the molecule is CCc1nc(CC)n(CC(O)c2ccc(Cl)cc2)n1. The van der Waals surface area contributed by atoms with Crippen LogP contribution in [-0.2, 0) is 19.4 Å². The summed E-state index contributed by atoms with van der Waals surface area (Å²) in [5.74, 6) is 1.73. The second kappa shape index (κ2) is 6.17. The molecule has 2 rings (SSSR count). The fourth-order valence-electron chi connectivity index (χ4n) is 1.94. The predicted octanol–water partition coefficient (Wildman–Crippen LogP) is 2.79. The minimum absolute atomic E-state index is 0.414. The van der Waals surface area contributed by atoms with Gasteiger partial charge in [0.1, 0.15) is 5.82 Å². The number of halogens is 1. The smallest absolute Gasteiger partial charge is 0.150 e. The van der Waals surface area contributed by atoms with Crippen molar-refractivity contribution < 1.29 is 5.11 Å². The Labute approximate surface area is 118 Å². The number of hydrogen-bond acceptors (Lipinski definition) is 3. The summed E-state index contributed by atoms with van der Waals surface area (Å²) in [6.07, 6.45) is 1.01. The van der Waals surface area contributed by atoms with Crippen LogP contribution < -0.4 is 0 Å². The Morgan fingerprint density at radius 3 is 2.47 bits per heavy atom. The lowest BCUT2D eigenvalue weighted by molar-refractivity contribution is 0.150. The molecule has 0 bridgehead atoms. The molecule has 0 amide bonds. The van der Waals surface area contributed by atoms with Crippen LogP contribution in [0.15, 0.2) is 24.3 Å². The van der Waals surface area contributed by atoms with Crippen molar-refractivity contribution in [1.29, 1.82) is 0 Å². The zero-order valence-electron chi connectivity index (χ0n) is 11.2. The molecule has 102 valence electrons. The number of aliphatic hydroxyl groups is 1. The van der Waals surface area contributed by atoms with Gasteiger partial charge in [0.2, 0.25) is 0 Å². The van der Waals surface area contributed by atoms with Crippen LogP contribution in [0, 0.1) is 0 Å². The van der Waals surface area contributed by atoms with Gasteiger partial charge in [0.15, 0.2) is 5.82 Å². The molecule has 0 aliphatic heterocycles. The molecule has 1 aromatic carbocycles. The topological polar surface area (TPSA) is 50.9 Å². The van der Waals surface area contributed by atoms with E-state index in [4.69, 9.17) is 11.6 Å². The molecule has 1 unspecified atom stereocenters. The van der Waals surface area contributed by atoms with Crippen molar-refractivity contribution in [3.8, 4) is 0 Å². The summed E-state index contributed by atoms with van der Waals surface area (Å²) < 4.78 is 1.79. The second-order valence-corrected chi connectivity index (χ2v) is 4.84. The lowest BCUT2D eigenvalue weighted by Gasteiger charge is -2.12. The quantitative estimate of drug-likeness (QED) is 0.916. The van der Waals surface area contributed by atoms with Gasteiger partial charge in [-0.2, -0.15) is 5.10 Å². The van der Waals surface area contributed by atoms with Crippen molar-refractivity contribution in [3.05, 3.63) is 46.5 Å². The van der Waals surface area contributed by atoms with Gasteiger partial charge in [-0.3, -0.25) is 0 Å². The van der Waals surface area contributed by atoms with E-state index in [1.807, 2.05) is 26.0 Å². The third kappa shape index (κ3) is 3.33. The summed E-state index contributed by atoms with van der Waals surface area (Å²) in [7, 11) is 0. The van der Waals surface area contributed by atoms with Crippen LogP contribution in [0.3, 0.4) is 0 Å². The molecule has 0 fully saturated rings. The molecule has 0 aliphatic rings. The minimum atomic E-state index is -0.603. The van der Waals surface area contributed by atoms with Crippen LogP contribution in [0.25, 0.3) is 0 Å². The number of benzene rings is 1. The van der Waals surface area contributed by atoms with Gasteiger partial charge < -0.3 is 5.11 Å². The van der Waals surface area contributed by atoms with Gasteiger partial charge >= 0.3 is 0 Å². The molecular formula is C14H18ClN3O. The van der Waals surface area contributed by atoms with Crippen LogP contribution in [0.1, 0.15) is 37.2 Å². The number of aliphatic hydroxyl groups excluding tert-OH is 1. The molecule has 0 saturated carbocycles. The molecule has 0 saturated heterocycles. The van der Waals surface area contributed by atoms with Crippen molar-refractivity contribution in [2.45, 2.75) is 39.3 Å². The van der Waals surface area contributed by atoms with Crippen molar-refractivity contribution in [3.63, 3.8) is 0 Å². The van der Waals surface area contributed by atoms with E-state index in [0.29, 0.717) is 11.6 Å². The third-order valence-corrected chi connectivity index (χ3v) is 3.28. The first-order valence-electron chi connectivity index (χ1n) is 6.50. The minimum Gasteiger partial charge on any atom is -0.386 e. The Balaban J connectivity index is 2.15. The Morgan fingerprint density at radius 2 is 1.89 bits per heavy atom. The first-order chi connectivity index (χ1) is 9.13. The van der Waals surface area contributed by atoms with Gasteiger partial charge in [-0.05, 0) is 17.7 Å². The van der Waals surface area contributed by atoms with Gasteiger partial charge in [-0.15, -0.1) is 0 Å². The fourth-order valence-corrected chi connectivity index (χ4v) is 2.06. The van der Waals surface area contributed by atoms with E-state index in [-0.39, 0.29) is 0 Å². The molecule has 1 heterocycles. The summed E-state index contributed by atoms with van der Waals surface area (Å²) in [5.41, 5.74) is 0.833. The average molecular weight is 280 g/mol.